The molecule has 0 spiro atoms. The Hall–Kier alpha value is -6.07. The van der Waals surface area contributed by atoms with Crippen molar-refractivity contribution in [3.8, 4) is 0 Å². The number of anilines is 5. The van der Waals surface area contributed by atoms with Crippen LogP contribution in [0.1, 0.15) is 80.5 Å². The molecule has 0 radical (unpaired) electrons. The molecule has 0 unspecified atom stereocenters. The standard InChI is InChI=1S/C43H55N15O2/c1-3-29-22-50-57-40(15-37(54-41(29)57)52-33-10-6-4-8-30(33)24-59)45-18-28-19-46-43(47-20-28)48-21-32-23-51-58-39(44-17-27-12-13-36-35(14-27)49-26-56(36)2)16-38(55-42(32)58)53-34-11-7-5-9-31(34)25-60/h12-16,19-20,22-23,26,30-31,33-34,44-45,59-60H,3-11,17-18,21,24-25H2,1-2H3,(H,52,54)(H,53,55)(H,46,47,48)/t30-,31-,33-,34-/m0/s1. The van der Waals surface area contributed by atoms with Crippen LogP contribution in [0.5, 0.6) is 0 Å². The van der Waals surface area contributed by atoms with Gasteiger partial charge in [-0.05, 0) is 49.8 Å². The highest BCUT2D eigenvalue weighted by atomic mass is 16.3. The van der Waals surface area contributed by atoms with Gasteiger partial charge in [0.2, 0.25) is 5.95 Å². The second kappa shape index (κ2) is 17.6. The monoisotopic (exact) mass is 813 g/mol. The SMILES string of the molecule is CCc1cnn2c(NCc3cnc(NCc4cnn5c(NCc6ccc7c(c6)ncn7C)cc(N[C@H]6CCCC[C@H]6CO)nc45)nc3)cc(N[C@H]3CCCC[C@H]3CO)nc12. The second-order valence-electron chi connectivity index (χ2n) is 16.3. The summed E-state index contributed by atoms with van der Waals surface area (Å²) in [6.45, 7) is 3.91. The molecule has 0 aliphatic heterocycles. The van der Waals surface area contributed by atoms with E-state index in [9.17, 15) is 10.2 Å². The highest BCUT2D eigenvalue weighted by Gasteiger charge is 2.27. The molecule has 2 fully saturated rings. The van der Waals surface area contributed by atoms with Crippen LogP contribution in [0.15, 0.2) is 61.4 Å². The first kappa shape index (κ1) is 39.4. The molecule has 4 atom stereocenters. The average molecular weight is 814 g/mol. The Morgan fingerprint density at radius 3 is 1.85 bits per heavy atom. The summed E-state index contributed by atoms with van der Waals surface area (Å²) in [5.41, 5.74) is 7.54. The molecule has 2 aliphatic carbocycles. The molecule has 2 saturated carbocycles. The summed E-state index contributed by atoms with van der Waals surface area (Å²) in [5, 5.41) is 47.3. The van der Waals surface area contributed by atoms with Crippen molar-refractivity contribution in [1.29, 1.82) is 0 Å². The zero-order valence-electron chi connectivity index (χ0n) is 34.3. The van der Waals surface area contributed by atoms with E-state index in [1.54, 1.807) is 0 Å². The highest BCUT2D eigenvalue weighted by molar-refractivity contribution is 5.76. The molecular formula is C43H55N15O2. The van der Waals surface area contributed by atoms with E-state index in [-0.39, 0.29) is 37.1 Å². The number of nitrogens with one attached hydrogen (secondary N) is 5. The molecule has 0 amide bonds. The van der Waals surface area contributed by atoms with Crippen molar-refractivity contribution in [3.05, 3.63) is 83.7 Å². The number of imidazole rings is 1. The summed E-state index contributed by atoms with van der Waals surface area (Å²) in [6, 6.07) is 10.6. The van der Waals surface area contributed by atoms with Gasteiger partial charge in [0, 0.05) is 105 Å². The Morgan fingerprint density at radius 2 is 1.23 bits per heavy atom. The Labute approximate surface area is 348 Å². The third-order valence-corrected chi connectivity index (χ3v) is 12.3. The number of nitrogens with zero attached hydrogens (tertiary/aromatic N) is 10. The van der Waals surface area contributed by atoms with E-state index in [4.69, 9.17) is 15.1 Å². The van der Waals surface area contributed by atoms with Gasteiger partial charge < -0.3 is 41.4 Å². The van der Waals surface area contributed by atoms with Crippen LogP contribution in [0.2, 0.25) is 0 Å². The van der Waals surface area contributed by atoms with E-state index in [2.05, 4.69) is 71.8 Å². The van der Waals surface area contributed by atoms with E-state index in [1.807, 2.05) is 63.9 Å². The summed E-state index contributed by atoms with van der Waals surface area (Å²) in [7, 11) is 2.00. The van der Waals surface area contributed by atoms with Crippen molar-refractivity contribution in [1.82, 2.24) is 48.7 Å². The number of rotatable bonds is 16. The maximum absolute atomic E-state index is 10.1. The fourth-order valence-electron chi connectivity index (χ4n) is 8.79. The number of aromatic nitrogens is 10. The van der Waals surface area contributed by atoms with Crippen LogP contribution in [0.3, 0.4) is 0 Å². The number of fused-ring (bicyclic) bond motifs is 3. The Kier molecular flexibility index (Phi) is 11.6. The fraction of sp³-hybridized carbons (Fsp3) is 0.465. The molecule has 6 heterocycles. The van der Waals surface area contributed by atoms with Crippen LogP contribution in [-0.4, -0.2) is 84.2 Å². The lowest BCUT2D eigenvalue weighted by Crippen LogP contribution is -2.34. The lowest BCUT2D eigenvalue weighted by molar-refractivity contribution is 0.178. The Morgan fingerprint density at radius 1 is 0.650 bits per heavy atom. The lowest BCUT2D eigenvalue weighted by Gasteiger charge is -2.31. The molecule has 1 aromatic carbocycles. The first-order chi connectivity index (χ1) is 29.5. The summed E-state index contributed by atoms with van der Waals surface area (Å²) >= 11 is 0. The number of aliphatic hydroxyl groups is 2. The predicted molar refractivity (Wildman–Crippen MR) is 233 cm³/mol. The minimum absolute atomic E-state index is 0.141. The number of hydrogen-bond donors (Lipinski definition) is 7. The zero-order valence-corrected chi connectivity index (χ0v) is 34.3. The first-order valence-electron chi connectivity index (χ1n) is 21.4. The zero-order chi connectivity index (χ0) is 41.0. The fourth-order valence-corrected chi connectivity index (χ4v) is 8.79. The van der Waals surface area contributed by atoms with Gasteiger partial charge in [-0.2, -0.15) is 19.2 Å². The molecule has 2 aliphatic rings. The largest absolute Gasteiger partial charge is 0.396 e. The van der Waals surface area contributed by atoms with Gasteiger partial charge in [-0.15, -0.1) is 0 Å². The minimum atomic E-state index is 0.141. The van der Waals surface area contributed by atoms with Crippen molar-refractivity contribution in [2.45, 2.75) is 96.4 Å². The molecule has 7 aromatic rings. The number of aliphatic hydroxyl groups excluding tert-OH is 2. The number of hydrogen-bond acceptors (Lipinski definition) is 14. The molecule has 0 saturated heterocycles. The third-order valence-electron chi connectivity index (χ3n) is 12.3. The Balaban J connectivity index is 0.896. The summed E-state index contributed by atoms with van der Waals surface area (Å²) < 4.78 is 5.70. The molecule has 60 heavy (non-hydrogen) atoms. The van der Waals surface area contributed by atoms with Crippen LogP contribution in [0.25, 0.3) is 22.3 Å². The van der Waals surface area contributed by atoms with Gasteiger partial charge in [0.25, 0.3) is 0 Å². The quantitative estimate of drug-likeness (QED) is 0.0619. The van der Waals surface area contributed by atoms with Crippen molar-refractivity contribution in [3.63, 3.8) is 0 Å². The maximum Gasteiger partial charge on any atom is 0.222 e. The number of benzene rings is 1. The van der Waals surface area contributed by atoms with Crippen LogP contribution in [0, 0.1) is 11.8 Å². The number of aryl methyl sites for hydroxylation is 2. The topological polar surface area (TPSA) is 205 Å². The molecular weight excluding hydrogens is 759 g/mol. The van der Waals surface area contributed by atoms with Crippen molar-refractivity contribution in [2.24, 2.45) is 18.9 Å². The van der Waals surface area contributed by atoms with Crippen LogP contribution < -0.4 is 26.6 Å². The van der Waals surface area contributed by atoms with Gasteiger partial charge in [-0.25, -0.2) is 24.9 Å². The summed E-state index contributed by atoms with van der Waals surface area (Å²) in [4.78, 5) is 23.8. The second-order valence-corrected chi connectivity index (χ2v) is 16.3. The molecule has 17 nitrogen and oxygen atoms in total. The molecule has 314 valence electrons. The third kappa shape index (κ3) is 8.36. The van der Waals surface area contributed by atoms with Gasteiger partial charge in [0.1, 0.15) is 23.3 Å². The Bertz CT molecular complexity index is 2550. The van der Waals surface area contributed by atoms with Crippen LogP contribution in [0.4, 0.5) is 29.2 Å². The smallest absolute Gasteiger partial charge is 0.222 e. The van der Waals surface area contributed by atoms with Gasteiger partial charge in [-0.3, -0.25) is 0 Å². The molecule has 0 bridgehead atoms. The summed E-state index contributed by atoms with van der Waals surface area (Å²) in [6.07, 6.45) is 18.6. The summed E-state index contributed by atoms with van der Waals surface area (Å²) in [5.74, 6) is 4.03. The van der Waals surface area contributed by atoms with Gasteiger partial charge in [-0.1, -0.05) is 38.7 Å². The van der Waals surface area contributed by atoms with E-state index in [0.717, 1.165) is 120 Å². The van der Waals surface area contributed by atoms with Crippen molar-refractivity contribution >= 4 is 51.5 Å². The molecule has 6 aromatic heterocycles. The van der Waals surface area contributed by atoms with Crippen LogP contribution in [-0.2, 0) is 33.1 Å². The van der Waals surface area contributed by atoms with E-state index in [0.29, 0.717) is 31.2 Å². The van der Waals surface area contributed by atoms with Gasteiger partial charge in [0.05, 0.1) is 29.8 Å². The molecule has 17 heteroatoms. The normalized spacial score (nSPS) is 19.5. The lowest BCUT2D eigenvalue weighted by atomic mass is 9.85. The predicted octanol–water partition coefficient (Wildman–Crippen LogP) is 5.77. The molecule has 9 rings (SSSR count). The van der Waals surface area contributed by atoms with Crippen molar-refractivity contribution < 1.29 is 10.2 Å². The van der Waals surface area contributed by atoms with E-state index >= 15 is 0 Å². The van der Waals surface area contributed by atoms with E-state index in [1.165, 1.54) is 0 Å². The van der Waals surface area contributed by atoms with Crippen molar-refractivity contribution in [2.75, 3.05) is 39.8 Å². The minimum Gasteiger partial charge on any atom is -0.396 e. The van der Waals surface area contributed by atoms with Crippen LogP contribution >= 0.6 is 0 Å². The molecule has 7 N–H and O–H groups in total. The average Bonchev–Trinajstić information content (AvgIpc) is 4.01. The highest BCUT2D eigenvalue weighted by Crippen LogP contribution is 2.30. The van der Waals surface area contributed by atoms with E-state index < -0.39 is 0 Å². The first-order valence-corrected chi connectivity index (χ1v) is 21.4. The maximum atomic E-state index is 10.1. The van der Waals surface area contributed by atoms with Gasteiger partial charge in [0.15, 0.2) is 11.3 Å². The van der Waals surface area contributed by atoms with Gasteiger partial charge >= 0.3 is 0 Å².